The van der Waals surface area contributed by atoms with Crippen molar-refractivity contribution in [2.45, 2.75) is 51.2 Å². The maximum atomic E-state index is 13.1. The largest absolute Gasteiger partial charge is 0.395 e. The Bertz CT molecular complexity index is 850. The monoisotopic (exact) mass is 414 g/mol. The van der Waals surface area contributed by atoms with Gasteiger partial charge in [-0.2, -0.15) is 0 Å². The summed E-state index contributed by atoms with van der Waals surface area (Å²) in [7, 11) is 0. The normalized spacial score (nSPS) is 22.1. The number of carbonyl (C=O) groups is 2. The number of hydrogen-bond acceptors (Lipinski definition) is 6. The van der Waals surface area contributed by atoms with E-state index in [0.29, 0.717) is 24.0 Å². The lowest BCUT2D eigenvalue weighted by molar-refractivity contribution is -0.142. The molecule has 1 saturated heterocycles. The Kier molecular flexibility index (Phi) is 6.06. The van der Waals surface area contributed by atoms with Gasteiger partial charge in [-0.1, -0.05) is 25.3 Å². The molecule has 8 nitrogen and oxygen atoms in total. The van der Waals surface area contributed by atoms with Gasteiger partial charge < -0.3 is 20.0 Å². The summed E-state index contributed by atoms with van der Waals surface area (Å²) in [5.41, 5.74) is 2.11. The maximum absolute atomic E-state index is 13.1. The molecule has 1 aromatic carbocycles. The minimum Gasteiger partial charge on any atom is -0.395 e. The van der Waals surface area contributed by atoms with Crippen LogP contribution >= 0.6 is 0 Å². The van der Waals surface area contributed by atoms with E-state index in [0.717, 1.165) is 24.1 Å². The fourth-order valence-corrected chi connectivity index (χ4v) is 4.75. The Balaban J connectivity index is 1.52. The summed E-state index contributed by atoms with van der Waals surface area (Å²) in [4.78, 5) is 32.8. The van der Waals surface area contributed by atoms with Crippen molar-refractivity contribution < 1.29 is 19.8 Å². The van der Waals surface area contributed by atoms with Crippen LogP contribution in [0.2, 0.25) is 0 Å². The van der Waals surface area contributed by atoms with Gasteiger partial charge >= 0.3 is 0 Å². The van der Waals surface area contributed by atoms with Crippen molar-refractivity contribution in [3.05, 3.63) is 29.3 Å². The van der Waals surface area contributed by atoms with E-state index < -0.39 is 6.10 Å². The molecule has 2 aliphatic heterocycles. The lowest BCUT2D eigenvalue weighted by Gasteiger charge is -2.32. The summed E-state index contributed by atoms with van der Waals surface area (Å²) >= 11 is 0. The summed E-state index contributed by atoms with van der Waals surface area (Å²) in [6, 6.07) is 5.21. The highest BCUT2D eigenvalue weighted by atomic mass is 16.3. The number of benzene rings is 1. The molecule has 162 valence electrons. The maximum Gasteiger partial charge on any atom is 0.256 e. The van der Waals surface area contributed by atoms with Gasteiger partial charge in [0.15, 0.2) is 6.10 Å². The summed E-state index contributed by atoms with van der Waals surface area (Å²) < 4.78 is 0. The predicted molar refractivity (Wildman–Crippen MR) is 112 cm³/mol. The van der Waals surface area contributed by atoms with Crippen molar-refractivity contribution in [1.82, 2.24) is 15.1 Å². The zero-order valence-corrected chi connectivity index (χ0v) is 17.4. The first kappa shape index (κ1) is 20.8. The van der Waals surface area contributed by atoms with Crippen molar-refractivity contribution in [3.8, 4) is 0 Å². The van der Waals surface area contributed by atoms with E-state index in [4.69, 9.17) is 0 Å². The molecular weight excluding hydrogens is 384 g/mol. The van der Waals surface area contributed by atoms with Crippen LogP contribution < -0.4 is 5.32 Å². The van der Waals surface area contributed by atoms with Crippen molar-refractivity contribution in [3.63, 3.8) is 0 Å². The Labute approximate surface area is 176 Å². The molecule has 0 aromatic heterocycles. The van der Waals surface area contributed by atoms with Crippen molar-refractivity contribution in [2.24, 2.45) is 10.9 Å². The van der Waals surface area contributed by atoms with E-state index in [9.17, 15) is 19.8 Å². The third-order valence-electron chi connectivity index (χ3n) is 6.47. The number of nitrogens with zero attached hydrogens (tertiary/aromatic N) is 3. The smallest absolute Gasteiger partial charge is 0.256 e. The Morgan fingerprint density at radius 1 is 1.33 bits per heavy atom. The Hall–Kier alpha value is -2.45. The minimum atomic E-state index is -1.29. The number of rotatable bonds is 6. The van der Waals surface area contributed by atoms with E-state index in [-0.39, 0.29) is 37.6 Å². The third-order valence-corrected chi connectivity index (χ3v) is 6.47. The number of aliphatic hydroxyl groups is 2. The van der Waals surface area contributed by atoms with Crippen LogP contribution in [0.4, 0.5) is 5.69 Å². The quantitative estimate of drug-likeness (QED) is 0.656. The SMILES string of the molecule is CC1c2cc(C(O)C(=O)N(CCO)CC3CCCCC3)ccc2N=C2NC(=O)CN21. The van der Waals surface area contributed by atoms with E-state index in [1.54, 1.807) is 17.0 Å². The van der Waals surface area contributed by atoms with Gasteiger partial charge in [0.05, 0.1) is 18.3 Å². The number of carbonyl (C=O) groups excluding carboxylic acids is 2. The van der Waals surface area contributed by atoms with Crippen molar-refractivity contribution in [2.75, 3.05) is 26.2 Å². The fourth-order valence-electron chi connectivity index (χ4n) is 4.75. The first-order valence-corrected chi connectivity index (χ1v) is 10.8. The lowest BCUT2D eigenvalue weighted by atomic mass is 9.88. The molecule has 0 bridgehead atoms. The fraction of sp³-hybridized carbons (Fsp3) is 0.591. The molecule has 2 atom stereocenters. The average molecular weight is 415 g/mol. The lowest BCUT2D eigenvalue weighted by Crippen LogP contribution is -2.41. The van der Waals surface area contributed by atoms with Crippen LogP contribution in [-0.2, 0) is 9.59 Å². The highest BCUT2D eigenvalue weighted by Crippen LogP contribution is 2.37. The molecule has 1 aromatic rings. The van der Waals surface area contributed by atoms with Crippen molar-refractivity contribution in [1.29, 1.82) is 0 Å². The second kappa shape index (κ2) is 8.73. The summed E-state index contributed by atoms with van der Waals surface area (Å²) in [5.74, 6) is 0.510. The molecule has 3 aliphatic rings. The molecule has 1 saturated carbocycles. The number of aliphatic imine (C=N–C) groups is 1. The molecule has 8 heteroatoms. The summed E-state index contributed by atoms with van der Waals surface area (Å²) in [5, 5.41) is 23.0. The van der Waals surface area contributed by atoms with E-state index in [1.165, 1.54) is 19.3 Å². The summed E-state index contributed by atoms with van der Waals surface area (Å²) in [6.07, 6.45) is 4.47. The predicted octanol–water partition coefficient (Wildman–Crippen LogP) is 1.62. The van der Waals surface area contributed by atoms with Crippen molar-refractivity contribution >= 4 is 23.5 Å². The molecule has 1 aliphatic carbocycles. The Morgan fingerprint density at radius 3 is 2.83 bits per heavy atom. The van der Waals surface area contributed by atoms with Gasteiger partial charge in [-0.25, -0.2) is 4.99 Å². The van der Waals surface area contributed by atoms with Crippen LogP contribution in [0.15, 0.2) is 23.2 Å². The van der Waals surface area contributed by atoms with Gasteiger partial charge in [-0.15, -0.1) is 0 Å². The van der Waals surface area contributed by atoms with Gasteiger partial charge in [0.1, 0.15) is 6.54 Å². The average Bonchev–Trinajstić information content (AvgIpc) is 3.13. The number of guanidine groups is 1. The highest BCUT2D eigenvalue weighted by molar-refractivity contribution is 6.06. The number of nitrogens with one attached hydrogen (secondary N) is 1. The molecular formula is C22H30N4O4. The number of aliphatic hydroxyl groups excluding tert-OH is 2. The zero-order chi connectivity index (χ0) is 21.3. The first-order valence-electron chi connectivity index (χ1n) is 10.8. The van der Waals surface area contributed by atoms with Crippen LogP contribution in [0.1, 0.15) is 62.3 Å². The topological polar surface area (TPSA) is 105 Å². The van der Waals surface area contributed by atoms with Gasteiger partial charge in [0.25, 0.3) is 5.91 Å². The van der Waals surface area contributed by atoms with E-state index in [1.807, 2.05) is 17.9 Å². The highest BCUT2D eigenvalue weighted by Gasteiger charge is 2.35. The summed E-state index contributed by atoms with van der Waals surface area (Å²) in [6.45, 7) is 2.90. The van der Waals surface area contributed by atoms with E-state index in [2.05, 4.69) is 10.3 Å². The van der Waals surface area contributed by atoms with Crippen LogP contribution in [0.25, 0.3) is 0 Å². The molecule has 2 unspecified atom stereocenters. The van der Waals surface area contributed by atoms with Crippen LogP contribution in [0.3, 0.4) is 0 Å². The molecule has 4 rings (SSSR count). The zero-order valence-electron chi connectivity index (χ0n) is 17.4. The third kappa shape index (κ3) is 4.06. The van der Waals surface area contributed by atoms with Crippen LogP contribution in [-0.4, -0.2) is 64.0 Å². The number of hydrogen-bond donors (Lipinski definition) is 3. The molecule has 2 heterocycles. The molecule has 2 fully saturated rings. The second-order valence-electron chi connectivity index (χ2n) is 8.52. The number of amides is 2. The molecule has 30 heavy (non-hydrogen) atoms. The van der Waals surface area contributed by atoms with Gasteiger partial charge in [0.2, 0.25) is 11.9 Å². The molecule has 3 N–H and O–H groups in total. The van der Waals surface area contributed by atoms with Gasteiger partial charge in [0, 0.05) is 18.7 Å². The molecule has 2 amide bonds. The molecule has 0 spiro atoms. The minimum absolute atomic E-state index is 0.0915. The standard InChI is InChI=1S/C22H30N4O4/c1-14-17-11-16(7-8-18(17)23-22-24-19(28)13-26(14)22)20(29)21(30)25(9-10-27)12-15-5-3-2-4-6-15/h7-8,11,14-15,20,27,29H,2-6,9-10,12-13H2,1H3,(H,23,24,28). The van der Waals surface area contributed by atoms with E-state index >= 15 is 0 Å². The van der Waals surface area contributed by atoms with Gasteiger partial charge in [-0.3, -0.25) is 14.9 Å². The second-order valence-corrected chi connectivity index (χ2v) is 8.52. The van der Waals surface area contributed by atoms with Crippen LogP contribution in [0.5, 0.6) is 0 Å². The molecule has 0 radical (unpaired) electrons. The number of fused-ring (bicyclic) bond motifs is 2. The van der Waals surface area contributed by atoms with Crippen LogP contribution in [0, 0.1) is 5.92 Å². The Morgan fingerprint density at radius 2 is 2.10 bits per heavy atom. The first-order chi connectivity index (χ1) is 14.5. The van der Waals surface area contributed by atoms with Gasteiger partial charge in [-0.05, 0) is 43.4 Å².